The van der Waals surface area contributed by atoms with Crippen molar-refractivity contribution in [1.29, 1.82) is 0 Å². The molecular weight excluding hydrogens is 428 g/mol. The summed E-state index contributed by atoms with van der Waals surface area (Å²) in [4.78, 5) is 12.8. The number of hydrogen-bond donors (Lipinski definition) is 3. The highest BCUT2D eigenvalue weighted by Crippen LogP contribution is 2.29. The maximum atomic E-state index is 12.8. The van der Waals surface area contributed by atoms with Gasteiger partial charge in [-0.2, -0.15) is 0 Å². The van der Waals surface area contributed by atoms with E-state index in [4.69, 9.17) is 18.9 Å². The lowest BCUT2D eigenvalue weighted by atomic mass is 9.99. The van der Waals surface area contributed by atoms with Crippen LogP contribution in [-0.2, 0) is 20.8 Å². The van der Waals surface area contributed by atoms with Gasteiger partial charge in [0.2, 0.25) is 0 Å². The van der Waals surface area contributed by atoms with Crippen molar-refractivity contribution in [3.8, 4) is 5.75 Å². The van der Waals surface area contributed by atoms with Gasteiger partial charge in [0.25, 0.3) is 0 Å². The summed E-state index contributed by atoms with van der Waals surface area (Å²) in [6.07, 6.45) is -6.56. The van der Waals surface area contributed by atoms with Gasteiger partial charge < -0.3 is 34.3 Å². The minimum atomic E-state index is -1.49. The second-order valence-corrected chi connectivity index (χ2v) is 7.82. The van der Waals surface area contributed by atoms with Crippen molar-refractivity contribution in [3.63, 3.8) is 0 Å². The number of aliphatic hydroxyl groups is 3. The largest absolute Gasteiger partial charge is 0.488 e. The van der Waals surface area contributed by atoms with E-state index in [1.165, 1.54) is 7.11 Å². The zero-order valence-corrected chi connectivity index (χ0v) is 18.0. The quantitative estimate of drug-likeness (QED) is 0.465. The Hall–Kier alpha value is -3.01. The summed E-state index contributed by atoms with van der Waals surface area (Å²) in [6, 6.07) is 20.5. The molecule has 1 fully saturated rings. The number of carbonyl (C=O) groups excluding carboxylic acids is 1. The van der Waals surface area contributed by atoms with Crippen molar-refractivity contribution >= 4 is 16.7 Å². The van der Waals surface area contributed by atoms with Crippen LogP contribution in [0, 0.1) is 0 Å². The fourth-order valence-electron chi connectivity index (χ4n) is 3.74. The molecule has 8 nitrogen and oxygen atoms in total. The molecule has 33 heavy (non-hydrogen) atoms. The number of fused-ring (bicyclic) bond motifs is 1. The molecule has 0 unspecified atom stereocenters. The summed E-state index contributed by atoms with van der Waals surface area (Å²) in [5, 5.41) is 31.7. The summed E-state index contributed by atoms with van der Waals surface area (Å²) < 4.78 is 21.8. The number of methoxy groups -OCH3 is 1. The third kappa shape index (κ3) is 5.16. The standard InChI is InChI=1S/C25H26O8/c1-30-25-23(28)22(27)21(26)20(33-25)14-32-24(29)17-11-16-9-5-6-10-18(16)19(12-17)31-13-15-7-3-2-4-8-15/h2-12,20-23,25-28H,13-14H2,1H3/t20-,21-,22+,23-,25-/m1/s1. The molecule has 3 N–H and O–H groups in total. The van der Waals surface area contributed by atoms with Crippen LogP contribution in [0.4, 0.5) is 0 Å². The van der Waals surface area contributed by atoms with Crippen molar-refractivity contribution in [3.05, 3.63) is 77.9 Å². The van der Waals surface area contributed by atoms with E-state index in [2.05, 4.69) is 0 Å². The van der Waals surface area contributed by atoms with E-state index in [-0.39, 0.29) is 12.2 Å². The Morgan fingerprint density at radius 1 is 0.939 bits per heavy atom. The second kappa shape index (κ2) is 10.3. The molecule has 0 saturated carbocycles. The lowest BCUT2D eigenvalue weighted by Crippen LogP contribution is -2.59. The third-order valence-corrected chi connectivity index (χ3v) is 5.58. The highest BCUT2D eigenvalue weighted by Gasteiger charge is 2.44. The van der Waals surface area contributed by atoms with E-state index in [1.54, 1.807) is 12.1 Å². The summed E-state index contributed by atoms with van der Waals surface area (Å²) in [5.74, 6) is -0.105. The average molecular weight is 454 g/mol. The normalized spacial score (nSPS) is 25.0. The molecule has 8 heteroatoms. The monoisotopic (exact) mass is 454 g/mol. The first-order valence-corrected chi connectivity index (χ1v) is 10.6. The molecule has 3 aromatic rings. The first-order chi connectivity index (χ1) is 16.0. The molecule has 0 spiro atoms. The summed E-state index contributed by atoms with van der Waals surface area (Å²) in [6.45, 7) is 0.000730. The van der Waals surface area contributed by atoms with Crippen LogP contribution in [0.5, 0.6) is 5.75 Å². The maximum Gasteiger partial charge on any atom is 0.338 e. The van der Waals surface area contributed by atoms with Crippen LogP contribution in [0.25, 0.3) is 10.8 Å². The smallest absolute Gasteiger partial charge is 0.338 e. The zero-order chi connectivity index (χ0) is 23.4. The molecule has 1 aliphatic heterocycles. The van der Waals surface area contributed by atoms with Gasteiger partial charge in [-0.15, -0.1) is 0 Å². The maximum absolute atomic E-state index is 12.8. The Morgan fingerprint density at radius 3 is 2.42 bits per heavy atom. The van der Waals surface area contributed by atoms with Gasteiger partial charge in [0.15, 0.2) is 6.29 Å². The number of carbonyl (C=O) groups is 1. The predicted octanol–water partition coefficient (Wildman–Crippen LogP) is 2.03. The van der Waals surface area contributed by atoms with Gasteiger partial charge >= 0.3 is 5.97 Å². The van der Waals surface area contributed by atoms with Crippen molar-refractivity contribution in [2.45, 2.75) is 37.3 Å². The van der Waals surface area contributed by atoms with Gasteiger partial charge in [-0.25, -0.2) is 4.79 Å². The molecule has 0 aromatic heterocycles. The van der Waals surface area contributed by atoms with E-state index in [9.17, 15) is 20.1 Å². The van der Waals surface area contributed by atoms with Crippen molar-refractivity contribution < 1.29 is 39.1 Å². The lowest BCUT2D eigenvalue weighted by molar-refractivity contribution is -0.294. The molecule has 3 aromatic carbocycles. The van der Waals surface area contributed by atoms with E-state index < -0.39 is 36.7 Å². The Labute approximate surface area is 190 Å². The number of hydrogen-bond acceptors (Lipinski definition) is 8. The number of esters is 1. The summed E-state index contributed by atoms with van der Waals surface area (Å²) >= 11 is 0. The Balaban J connectivity index is 1.50. The van der Waals surface area contributed by atoms with Crippen LogP contribution >= 0.6 is 0 Å². The van der Waals surface area contributed by atoms with Gasteiger partial charge in [0, 0.05) is 12.5 Å². The number of rotatable bonds is 7. The molecule has 0 radical (unpaired) electrons. The summed E-state index contributed by atoms with van der Waals surface area (Å²) in [5.41, 5.74) is 1.26. The fraction of sp³-hybridized carbons (Fsp3) is 0.320. The second-order valence-electron chi connectivity index (χ2n) is 7.82. The highest BCUT2D eigenvalue weighted by molar-refractivity contribution is 5.98. The van der Waals surface area contributed by atoms with Gasteiger partial charge in [-0.1, -0.05) is 54.6 Å². The van der Waals surface area contributed by atoms with Crippen LogP contribution in [0.3, 0.4) is 0 Å². The first-order valence-electron chi connectivity index (χ1n) is 10.6. The van der Waals surface area contributed by atoms with Crippen molar-refractivity contribution in [1.82, 2.24) is 0 Å². The van der Waals surface area contributed by atoms with Crippen molar-refractivity contribution in [2.24, 2.45) is 0 Å². The van der Waals surface area contributed by atoms with Gasteiger partial charge in [0.1, 0.15) is 43.4 Å². The molecule has 5 atom stereocenters. The topological polar surface area (TPSA) is 115 Å². The van der Waals surface area contributed by atoms with Gasteiger partial charge in [-0.05, 0) is 23.1 Å². The number of benzene rings is 3. The molecule has 1 heterocycles. The van der Waals surface area contributed by atoms with E-state index in [1.807, 2.05) is 54.6 Å². The molecule has 4 rings (SSSR count). The predicted molar refractivity (Wildman–Crippen MR) is 119 cm³/mol. The first kappa shape index (κ1) is 23.2. The number of aliphatic hydroxyl groups excluding tert-OH is 3. The minimum Gasteiger partial charge on any atom is -0.488 e. The third-order valence-electron chi connectivity index (χ3n) is 5.58. The molecule has 0 amide bonds. The average Bonchev–Trinajstić information content (AvgIpc) is 2.85. The van der Waals surface area contributed by atoms with E-state index in [0.717, 1.165) is 16.3 Å². The molecule has 0 bridgehead atoms. The number of ether oxygens (including phenoxy) is 4. The summed E-state index contributed by atoms with van der Waals surface area (Å²) in [7, 11) is 1.30. The van der Waals surface area contributed by atoms with Gasteiger partial charge in [-0.3, -0.25) is 0 Å². The van der Waals surface area contributed by atoms with Crippen LogP contribution in [-0.4, -0.2) is 65.7 Å². The van der Waals surface area contributed by atoms with Crippen LogP contribution in [0.2, 0.25) is 0 Å². The molecular formula is C25H26O8. The molecule has 1 aliphatic rings. The Bertz CT molecular complexity index is 1080. The van der Waals surface area contributed by atoms with E-state index in [0.29, 0.717) is 12.4 Å². The van der Waals surface area contributed by atoms with Gasteiger partial charge in [0.05, 0.1) is 5.56 Å². The molecule has 0 aliphatic carbocycles. The van der Waals surface area contributed by atoms with Crippen LogP contribution < -0.4 is 4.74 Å². The fourth-order valence-corrected chi connectivity index (χ4v) is 3.74. The molecule has 1 saturated heterocycles. The van der Waals surface area contributed by atoms with Crippen LogP contribution in [0.15, 0.2) is 66.7 Å². The van der Waals surface area contributed by atoms with E-state index >= 15 is 0 Å². The highest BCUT2D eigenvalue weighted by atomic mass is 16.7. The van der Waals surface area contributed by atoms with Crippen molar-refractivity contribution in [2.75, 3.05) is 13.7 Å². The van der Waals surface area contributed by atoms with Crippen LogP contribution in [0.1, 0.15) is 15.9 Å². The SMILES string of the molecule is CO[C@@H]1O[C@H](COC(=O)c2cc(OCc3ccccc3)c3ccccc3c2)[C@@H](O)[C@H](O)[C@H]1O. The minimum absolute atomic E-state index is 0.269. The Kier molecular flexibility index (Phi) is 7.22. The zero-order valence-electron chi connectivity index (χ0n) is 18.0. The Morgan fingerprint density at radius 2 is 1.67 bits per heavy atom. The lowest BCUT2D eigenvalue weighted by Gasteiger charge is -2.39. The molecule has 174 valence electrons.